The highest BCUT2D eigenvalue weighted by Gasteiger charge is 2.11. The maximum Gasteiger partial charge on any atom is 0.382 e. The van der Waals surface area contributed by atoms with Crippen molar-refractivity contribution in [3.8, 4) is 0 Å². The molecular formula is C16H10N6O4. The van der Waals surface area contributed by atoms with Crippen LogP contribution in [0.3, 0.4) is 0 Å². The first-order valence-electron chi connectivity index (χ1n) is 7.26. The summed E-state index contributed by atoms with van der Waals surface area (Å²) in [7, 11) is 0. The van der Waals surface area contributed by atoms with Gasteiger partial charge in [0.05, 0.1) is 10.4 Å². The number of nitro groups is 2. The summed E-state index contributed by atoms with van der Waals surface area (Å²) in [5.74, 6) is -0.223. The van der Waals surface area contributed by atoms with Gasteiger partial charge in [-0.05, 0) is 28.1 Å². The van der Waals surface area contributed by atoms with Crippen molar-refractivity contribution in [2.75, 3.05) is 0 Å². The zero-order valence-electron chi connectivity index (χ0n) is 13.1. The zero-order valence-corrected chi connectivity index (χ0v) is 13.1. The fourth-order valence-corrected chi connectivity index (χ4v) is 2.16. The lowest BCUT2D eigenvalue weighted by Gasteiger charge is -1.95. The third-order valence-corrected chi connectivity index (χ3v) is 3.30. The van der Waals surface area contributed by atoms with Gasteiger partial charge in [0.25, 0.3) is 5.69 Å². The second-order valence-electron chi connectivity index (χ2n) is 4.93. The van der Waals surface area contributed by atoms with Gasteiger partial charge >= 0.3 is 5.82 Å². The maximum absolute atomic E-state index is 10.6. The first-order chi connectivity index (χ1) is 12.6. The molecule has 2 heterocycles. The van der Waals surface area contributed by atoms with Crippen LogP contribution in [0.2, 0.25) is 0 Å². The van der Waals surface area contributed by atoms with Crippen LogP contribution in [0.1, 0.15) is 0 Å². The molecule has 0 saturated heterocycles. The Labute approximate surface area is 145 Å². The fourth-order valence-electron chi connectivity index (χ4n) is 2.16. The van der Waals surface area contributed by atoms with E-state index >= 15 is 0 Å². The van der Waals surface area contributed by atoms with Gasteiger partial charge < -0.3 is 10.1 Å². The van der Waals surface area contributed by atoms with Crippen molar-refractivity contribution >= 4 is 33.6 Å². The number of para-hydroxylation sites is 3. The first-order valence-corrected chi connectivity index (χ1v) is 7.26. The molecule has 4 aromatic rings. The summed E-state index contributed by atoms with van der Waals surface area (Å²) in [5, 5.41) is 20.9. The molecule has 0 aliphatic carbocycles. The summed E-state index contributed by atoms with van der Waals surface area (Å²) in [6.07, 6.45) is 4.10. The number of rotatable bonds is 2. The lowest BCUT2D eigenvalue weighted by Crippen LogP contribution is -1.93. The molecule has 0 saturated carbocycles. The van der Waals surface area contributed by atoms with E-state index in [1.165, 1.54) is 18.5 Å². The summed E-state index contributed by atoms with van der Waals surface area (Å²) in [5.41, 5.74) is 2.06. The van der Waals surface area contributed by atoms with Gasteiger partial charge in [0, 0.05) is 18.5 Å². The Bertz CT molecular complexity index is 1110. The van der Waals surface area contributed by atoms with Gasteiger partial charge in [-0.3, -0.25) is 15.1 Å². The molecule has 0 fully saturated rings. The topological polar surface area (TPSA) is 138 Å². The minimum absolute atomic E-state index is 0.00870. The molecule has 4 rings (SSSR count). The number of nitro benzene ring substituents is 1. The van der Waals surface area contributed by atoms with Crippen LogP contribution in [0.4, 0.5) is 11.5 Å². The molecule has 0 atom stereocenters. The van der Waals surface area contributed by atoms with E-state index in [1.807, 2.05) is 6.07 Å². The molecule has 0 aliphatic heterocycles. The number of non-ortho nitro benzene ring substituents is 1. The number of aromatic nitrogens is 4. The standard InChI is InChI=1S/2C8H5N3O2/c12-11(13)7-3-1-2-6-8(7)10-5-4-9-6;12-11(13)8-5-9-6-3-1-2-4-7(6)10-8/h2*1-5H. The van der Waals surface area contributed by atoms with E-state index < -0.39 is 9.85 Å². The molecule has 0 bridgehead atoms. The number of hydrogen-bond donors (Lipinski definition) is 0. The molecule has 128 valence electrons. The van der Waals surface area contributed by atoms with Crippen molar-refractivity contribution in [3.05, 3.63) is 81.3 Å². The second-order valence-corrected chi connectivity index (χ2v) is 4.93. The lowest BCUT2D eigenvalue weighted by atomic mass is 10.2. The Balaban J connectivity index is 0.000000151. The number of nitrogens with zero attached hydrogens (tertiary/aromatic N) is 6. The fraction of sp³-hybridized carbons (Fsp3) is 0. The van der Waals surface area contributed by atoms with E-state index in [4.69, 9.17) is 0 Å². The van der Waals surface area contributed by atoms with E-state index in [9.17, 15) is 20.2 Å². The summed E-state index contributed by atoms with van der Waals surface area (Å²) in [6.45, 7) is 0. The number of benzene rings is 2. The minimum Gasteiger partial charge on any atom is -0.358 e. The third kappa shape index (κ3) is 3.53. The van der Waals surface area contributed by atoms with E-state index in [-0.39, 0.29) is 11.5 Å². The molecule has 0 N–H and O–H groups in total. The highest BCUT2D eigenvalue weighted by Crippen LogP contribution is 2.20. The molecule has 10 nitrogen and oxygen atoms in total. The molecule has 0 amide bonds. The van der Waals surface area contributed by atoms with Gasteiger partial charge in [0.15, 0.2) is 5.52 Å². The van der Waals surface area contributed by atoms with E-state index in [0.29, 0.717) is 22.1 Å². The van der Waals surface area contributed by atoms with Crippen molar-refractivity contribution < 1.29 is 9.85 Å². The minimum atomic E-state index is -0.556. The first kappa shape index (κ1) is 16.8. The molecular weight excluding hydrogens is 340 g/mol. The van der Waals surface area contributed by atoms with Crippen LogP contribution in [-0.4, -0.2) is 29.8 Å². The molecule has 10 heteroatoms. The summed E-state index contributed by atoms with van der Waals surface area (Å²) in [4.78, 5) is 35.4. The Morgan fingerprint density at radius 1 is 0.731 bits per heavy atom. The van der Waals surface area contributed by atoms with Crippen LogP contribution in [0.25, 0.3) is 22.1 Å². The number of hydrogen-bond acceptors (Lipinski definition) is 8. The van der Waals surface area contributed by atoms with Crippen molar-refractivity contribution in [1.82, 2.24) is 19.9 Å². The van der Waals surface area contributed by atoms with Gasteiger partial charge in [0.1, 0.15) is 11.7 Å². The van der Waals surface area contributed by atoms with Gasteiger partial charge in [0.2, 0.25) is 5.52 Å². The predicted molar refractivity (Wildman–Crippen MR) is 92.4 cm³/mol. The molecule has 2 aromatic carbocycles. The Morgan fingerprint density at radius 3 is 2.15 bits per heavy atom. The Morgan fingerprint density at radius 2 is 1.42 bits per heavy atom. The average Bonchev–Trinajstić information content (AvgIpc) is 2.67. The van der Waals surface area contributed by atoms with Crippen molar-refractivity contribution in [3.63, 3.8) is 0 Å². The summed E-state index contributed by atoms with van der Waals surface area (Å²) in [6, 6.07) is 11.7. The Hall–Kier alpha value is -4.08. The molecule has 2 aromatic heterocycles. The monoisotopic (exact) mass is 350 g/mol. The summed E-state index contributed by atoms with van der Waals surface area (Å²) < 4.78 is 0. The third-order valence-electron chi connectivity index (χ3n) is 3.30. The van der Waals surface area contributed by atoms with Gasteiger partial charge in [-0.1, -0.05) is 18.2 Å². The summed E-state index contributed by atoms with van der Waals surface area (Å²) >= 11 is 0. The van der Waals surface area contributed by atoms with Crippen LogP contribution in [-0.2, 0) is 0 Å². The highest BCUT2D eigenvalue weighted by atomic mass is 16.6. The van der Waals surface area contributed by atoms with Crippen LogP contribution in [0, 0.1) is 20.2 Å². The SMILES string of the molecule is O=[N+]([O-])c1cccc2nccnc12.O=[N+]([O-])c1cnc2ccccc2n1. The van der Waals surface area contributed by atoms with Crippen LogP contribution >= 0.6 is 0 Å². The van der Waals surface area contributed by atoms with Crippen LogP contribution in [0.5, 0.6) is 0 Å². The number of fused-ring (bicyclic) bond motifs is 2. The molecule has 0 spiro atoms. The van der Waals surface area contributed by atoms with Gasteiger partial charge in [-0.2, -0.15) is 0 Å². The smallest absolute Gasteiger partial charge is 0.358 e. The quantitative estimate of drug-likeness (QED) is 0.397. The molecule has 0 unspecified atom stereocenters. The normalized spacial score (nSPS) is 10.2. The maximum atomic E-state index is 10.6. The average molecular weight is 350 g/mol. The van der Waals surface area contributed by atoms with Crippen molar-refractivity contribution in [1.29, 1.82) is 0 Å². The predicted octanol–water partition coefficient (Wildman–Crippen LogP) is 3.08. The second kappa shape index (κ2) is 7.21. The van der Waals surface area contributed by atoms with Gasteiger partial charge in [-0.15, -0.1) is 0 Å². The highest BCUT2D eigenvalue weighted by molar-refractivity contribution is 5.83. The Kier molecular flexibility index (Phi) is 4.65. The van der Waals surface area contributed by atoms with Crippen molar-refractivity contribution in [2.45, 2.75) is 0 Å². The van der Waals surface area contributed by atoms with E-state index in [0.717, 1.165) is 6.20 Å². The van der Waals surface area contributed by atoms with E-state index in [1.54, 1.807) is 30.3 Å². The molecule has 0 radical (unpaired) electrons. The zero-order chi connectivity index (χ0) is 18.5. The lowest BCUT2D eigenvalue weighted by molar-refractivity contribution is -0.389. The molecule has 26 heavy (non-hydrogen) atoms. The van der Waals surface area contributed by atoms with E-state index in [2.05, 4.69) is 19.9 Å². The largest absolute Gasteiger partial charge is 0.382 e. The van der Waals surface area contributed by atoms with Crippen LogP contribution in [0.15, 0.2) is 61.1 Å². The van der Waals surface area contributed by atoms with Gasteiger partial charge in [-0.25, -0.2) is 9.97 Å². The van der Waals surface area contributed by atoms with Crippen molar-refractivity contribution in [2.24, 2.45) is 0 Å². The van der Waals surface area contributed by atoms with Crippen LogP contribution < -0.4 is 0 Å². The molecule has 0 aliphatic rings.